The fourth-order valence-electron chi connectivity index (χ4n) is 1.12. The predicted octanol–water partition coefficient (Wildman–Crippen LogP) is 4.38. The lowest BCUT2D eigenvalue weighted by atomic mass is 10.1. The maximum atomic E-state index is 12.1. The van der Waals surface area contributed by atoms with Crippen molar-refractivity contribution in [2.45, 2.75) is 12.5 Å². The summed E-state index contributed by atoms with van der Waals surface area (Å²) in [7, 11) is 0. The van der Waals surface area contributed by atoms with Gasteiger partial charge in [-0.1, -0.05) is 43.5 Å². The first-order chi connectivity index (χ1) is 7.91. The summed E-state index contributed by atoms with van der Waals surface area (Å²) in [6, 6.07) is 5.10. The number of hydrogen-bond donors (Lipinski definition) is 1. The Morgan fingerprint density at radius 2 is 2.00 bits per heavy atom. The molecule has 0 heterocycles. The molecule has 0 unspecified atom stereocenters. The van der Waals surface area contributed by atoms with E-state index in [0.29, 0.717) is 25.7 Å². The molecule has 6 heteroatoms. The first kappa shape index (κ1) is 15.5. The minimum Gasteiger partial charge on any atom is -0.345 e. The molecule has 0 aliphatic heterocycles. The molecule has 0 fully saturated rings. The third-order valence-electron chi connectivity index (χ3n) is 2.18. The zero-order valence-corrected chi connectivity index (χ0v) is 14.6. The van der Waals surface area contributed by atoms with Gasteiger partial charge in [-0.25, -0.2) is 0 Å². The Morgan fingerprint density at radius 1 is 1.41 bits per heavy atom. The van der Waals surface area contributed by atoms with E-state index in [2.05, 4.69) is 53.1 Å². The van der Waals surface area contributed by atoms with Crippen LogP contribution in [-0.2, 0) is 0 Å². The van der Waals surface area contributed by atoms with Gasteiger partial charge in [0.25, 0.3) is 5.91 Å². The molecule has 0 saturated carbocycles. The average molecular weight is 448 g/mol. The number of nitrogens with one attached hydrogen (secondary N) is 1. The summed E-state index contributed by atoms with van der Waals surface area (Å²) in [6.45, 7) is 1.96. The molecule has 2 nitrogen and oxygen atoms in total. The van der Waals surface area contributed by atoms with E-state index in [-0.39, 0.29) is 11.4 Å². The van der Waals surface area contributed by atoms with Crippen LogP contribution in [0.15, 0.2) is 22.7 Å². The maximum Gasteiger partial charge on any atom is 0.252 e. The Bertz CT molecular complexity index is 421. The Balaban J connectivity index is 2.90. The van der Waals surface area contributed by atoms with Crippen molar-refractivity contribution in [2.24, 2.45) is 0 Å². The van der Waals surface area contributed by atoms with Crippen molar-refractivity contribution in [3.05, 3.63) is 33.3 Å². The molecule has 0 radical (unpaired) electrons. The van der Waals surface area contributed by atoms with E-state index in [0.717, 1.165) is 0 Å². The number of rotatable bonds is 4. The molecule has 0 saturated heterocycles. The molecule has 1 aromatic carbocycles. The first-order valence-corrected chi connectivity index (χ1v) is 8.23. The predicted molar refractivity (Wildman–Crippen MR) is 82.6 cm³/mol. The lowest BCUT2D eigenvalue weighted by Crippen LogP contribution is -2.49. The van der Waals surface area contributed by atoms with Gasteiger partial charge in [-0.2, -0.15) is 0 Å². The quantitative estimate of drug-likeness (QED) is 0.681. The van der Waals surface area contributed by atoms with Crippen LogP contribution in [0.5, 0.6) is 0 Å². The van der Waals surface area contributed by atoms with Crippen LogP contribution < -0.4 is 5.32 Å². The van der Waals surface area contributed by atoms with Gasteiger partial charge in [-0.15, -0.1) is 0 Å². The second kappa shape index (κ2) is 6.55. The van der Waals surface area contributed by atoms with Crippen molar-refractivity contribution in [2.75, 3.05) is 10.7 Å². The Kier molecular flexibility index (Phi) is 5.96. The van der Waals surface area contributed by atoms with Crippen molar-refractivity contribution in [1.29, 1.82) is 0 Å². The highest BCUT2D eigenvalue weighted by Gasteiger charge is 2.25. The highest BCUT2D eigenvalue weighted by Crippen LogP contribution is 2.22. The van der Waals surface area contributed by atoms with Gasteiger partial charge in [-0.05, 0) is 41.1 Å². The standard InChI is InChI=1S/C11H11Br3ClNO/c1-11(5-12,6-13)16-10(17)8-3-2-7(15)4-9(8)14/h2-4H,5-6H2,1H3,(H,16,17). The summed E-state index contributed by atoms with van der Waals surface area (Å²) in [6.07, 6.45) is 0. The fourth-order valence-corrected chi connectivity index (χ4v) is 3.19. The van der Waals surface area contributed by atoms with Crippen LogP contribution in [0.25, 0.3) is 0 Å². The smallest absolute Gasteiger partial charge is 0.252 e. The lowest BCUT2D eigenvalue weighted by Gasteiger charge is -2.26. The summed E-state index contributed by atoms with van der Waals surface area (Å²) in [4.78, 5) is 12.1. The number of carbonyl (C=O) groups is 1. The largest absolute Gasteiger partial charge is 0.345 e. The van der Waals surface area contributed by atoms with Crippen molar-refractivity contribution >= 4 is 65.3 Å². The zero-order chi connectivity index (χ0) is 13.1. The van der Waals surface area contributed by atoms with E-state index in [1.807, 2.05) is 6.92 Å². The van der Waals surface area contributed by atoms with Crippen molar-refractivity contribution in [1.82, 2.24) is 5.32 Å². The average Bonchev–Trinajstić information content (AvgIpc) is 2.28. The van der Waals surface area contributed by atoms with Gasteiger partial charge < -0.3 is 5.32 Å². The van der Waals surface area contributed by atoms with Crippen LogP contribution in [0.2, 0.25) is 5.02 Å². The molecular weight excluding hydrogens is 437 g/mol. The van der Waals surface area contributed by atoms with E-state index in [9.17, 15) is 4.79 Å². The number of alkyl halides is 2. The Morgan fingerprint density at radius 3 is 2.47 bits per heavy atom. The third kappa shape index (κ3) is 4.23. The van der Waals surface area contributed by atoms with Crippen LogP contribution in [-0.4, -0.2) is 22.1 Å². The van der Waals surface area contributed by atoms with E-state index in [4.69, 9.17) is 11.6 Å². The van der Waals surface area contributed by atoms with E-state index >= 15 is 0 Å². The molecule has 17 heavy (non-hydrogen) atoms. The van der Waals surface area contributed by atoms with Crippen LogP contribution in [0.3, 0.4) is 0 Å². The van der Waals surface area contributed by atoms with Gasteiger partial charge in [0.1, 0.15) is 0 Å². The van der Waals surface area contributed by atoms with Gasteiger partial charge in [0.2, 0.25) is 0 Å². The highest BCUT2D eigenvalue weighted by molar-refractivity contribution is 9.10. The van der Waals surface area contributed by atoms with Crippen LogP contribution in [0.4, 0.5) is 0 Å². The van der Waals surface area contributed by atoms with Gasteiger partial charge in [0, 0.05) is 20.2 Å². The first-order valence-electron chi connectivity index (χ1n) is 4.81. The van der Waals surface area contributed by atoms with Crippen LogP contribution >= 0.6 is 59.4 Å². The molecule has 0 aliphatic carbocycles. The molecule has 94 valence electrons. The van der Waals surface area contributed by atoms with Gasteiger partial charge in [0.15, 0.2) is 0 Å². The van der Waals surface area contributed by atoms with Crippen molar-refractivity contribution < 1.29 is 4.79 Å². The van der Waals surface area contributed by atoms with Crippen LogP contribution in [0.1, 0.15) is 17.3 Å². The topological polar surface area (TPSA) is 29.1 Å². The monoisotopic (exact) mass is 445 g/mol. The summed E-state index contributed by atoms with van der Waals surface area (Å²) in [5.41, 5.74) is 0.249. The van der Waals surface area contributed by atoms with Gasteiger partial charge in [0.05, 0.1) is 11.1 Å². The molecule has 0 bridgehead atoms. The number of hydrogen-bond acceptors (Lipinski definition) is 1. The summed E-state index contributed by atoms with van der Waals surface area (Å²) >= 11 is 15.9. The minimum atomic E-state index is -0.323. The third-order valence-corrected chi connectivity index (χ3v) is 5.55. The second-order valence-electron chi connectivity index (χ2n) is 3.91. The SMILES string of the molecule is CC(CBr)(CBr)NC(=O)c1ccc(Cl)cc1Br. The Labute approximate surface area is 131 Å². The molecule has 1 amide bonds. The number of carbonyl (C=O) groups excluding carboxylic acids is 1. The van der Waals surface area contributed by atoms with Gasteiger partial charge in [-0.3, -0.25) is 4.79 Å². The summed E-state index contributed by atoms with van der Waals surface area (Å²) < 4.78 is 0.689. The van der Waals surface area contributed by atoms with E-state index in [1.54, 1.807) is 18.2 Å². The van der Waals surface area contributed by atoms with E-state index in [1.165, 1.54) is 0 Å². The normalized spacial score (nSPS) is 11.4. The molecule has 0 aromatic heterocycles. The van der Waals surface area contributed by atoms with Crippen LogP contribution in [0, 0.1) is 0 Å². The number of amides is 1. The highest BCUT2D eigenvalue weighted by atomic mass is 79.9. The molecule has 0 aliphatic rings. The number of benzene rings is 1. The number of halogens is 4. The molecule has 1 aromatic rings. The summed E-state index contributed by atoms with van der Waals surface area (Å²) in [5.74, 6) is -0.130. The lowest BCUT2D eigenvalue weighted by molar-refractivity contribution is 0.0922. The Hall–Kier alpha value is 0.420. The summed E-state index contributed by atoms with van der Waals surface area (Å²) in [5, 5.41) is 4.90. The molecular formula is C11H11Br3ClNO. The van der Waals surface area contributed by atoms with Gasteiger partial charge >= 0.3 is 0 Å². The molecule has 1 N–H and O–H groups in total. The van der Waals surface area contributed by atoms with E-state index < -0.39 is 0 Å². The minimum absolute atomic E-state index is 0.130. The van der Waals surface area contributed by atoms with Crippen molar-refractivity contribution in [3.8, 4) is 0 Å². The molecule has 0 atom stereocenters. The van der Waals surface area contributed by atoms with Crippen molar-refractivity contribution in [3.63, 3.8) is 0 Å². The molecule has 0 spiro atoms. The molecule has 1 rings (SSSR count). The maximum absolute atomic E-state index is 12.1. The fraction of sp³-hybridized carbons (Fsp3) is 0.364. The second-order valence-corrected chi connectivity index (χ2v) is 6.32. The zero-order valence-electron chi connectivity index (χ0n) is 9.07.